The van der Waals surface area contributed by atoms with E-state index in [9.17, 15) is 15.0 Å². The van der Waals surface area contributed by atoms with Gasteiger partial charge in [-0.1, -0.05) is 0 Å². The van der Waals surface area contributed by atoms with Crippen LogP contribution < -0.4 is 5.56 Å². The van der Waals surface area contributed by atoms with Crippen molar-refractivity contribution in [2.45, 2.75) is 30.5 Å². The summed E-state index contributed by atoms with van der Waals surface area (Å²) < 4.78 is 7.11. The van der Waals surface area contributed by atoms with Crippen molar-refractivity contribution in [1.82, 2.24) is 19.5 Å². The average Bonchev–Trinajstić information content (AvgIpc) is 2.78. The zero-order valence-corrected chi connectivity index (χ0v) is 9.15. The van der Waals surface area contributed by atoms with Crippen LogP contribution in [-0.4, -0.2) is 47.5 Å². The fraction of sp³-hybridized carbons (Fsp3) is 0.500. The summed E-state index contributed by atoms with van der Waals surface area (Å²) >= 11 is 0. The molecule has 1 unspecified atom stereocenters. The van der Waals surface area contributed by atoms with Crippen molar-refractivity contribution in [2.75, 3.05) is 0 Å². The Morgan fingerprint density at radius 1 is 1.56 bits per heavy atom. The summed E-state index contributed by atoms with van der Waals surface area (Å²) in [6.07, 6.45) is 1.18. The van der Waals surface area contributed by atoms with Crippen molar-refractivity contribution in [3.8, 4) is 0 Å². The summed E-state index contributed by atoms with van der Waals surface area (Å²) in [5.74, 6) is 0. The minimum absolute atomic E-state index is 0.231. The molecule has 1 aliphatic carbocycles. The fourth-order valence-electron chi connectivity index (χ4n) is 2.54. The molecule has 94 valence electrons. The number of aliphatic hydroxyl groups excluding tert-OH is 1. The van der Waals surface area contributed by atoms with Gasteiger partial charge in [0.2, 0.25) is 0 Å². The van der Waals surface area contributed by atoms with E-state index in [0.29, 0.717) is 5.65 Å². The molecule has 4 rings (SSSR count). The Labute approximate surface area is 99.9 Å². The molecule has 1 aliphatic heterocycles. The lowest BCUT2D eigenvalue weighted by atomic mass is 10.2. The number of nitrogens with one attached hydrogen (secondary N) is 1. The zero-order valence-electron chi connectivity index (χ0n) is 9.15. The fourth-order valence-corrected chi connectivity index (χ4v) is 2.54. The van der Waals surface area contributed by atoms with Gasteiger partial charge in [0.05, 0.1) is 12.7 Å². The number of hydrogen-bond donors (Lipinski definition) is 3. The summed E-state index contributed by atoms with van der Waals surface area (Å²) in [6.45, 7) is 0. The van der Waals surface area contributed by atoms with Crippen LogP contribution in [0.2, 0.25) is 0 Å². The van der Waals surface area contributed by atoms with Crippen molar-refractivity contribution in [1.29, 1.82) is 0 Å². The van der Waals surface area contributed by atoms with Crippen LogP contribution in [0.4, 0.5) is 0 Å². The second kappa shape index (κ2) is 2.97. The van der Waals surface area contributed by atoms with Gasteiger partial charge >= 0.3 is 0 Å². The van der Waals surface area contributed by atoms with Crippen LogP contribution in [0.5, 0.6) is 0 Å². The molecule has 0 amide bonds. The Hall–Kier alpha value is -1.77. The van der Waals surface area contributed by atoms with E-state index >= 15 is 0 Å². The highest BCUT2D eigenvalue weighted by Gasteiger charge is 2.71. The van der Waals surface area contributed by atoms with Gasteiger partial charge in [-0.25, -0.2) is 9.97 Å². The highest BCUT2D eigenvalue weighted by Crippen LogP contribution is 2.53. The number of hydrogen-bond acceptors (Lipinski definition) is 6. The molecular formula is C10H10N4O4. The van der Waals surface area contributed by atoms with Crippen molar-refractivity contribution < 1.29 is 14.9 Å². The number of fused-ring (bicyclic) bond motifs is 2. The third-order valence-electron chi connectivity index (χ3n) is 3.66. The summed E-state index contributed by atoms with van der Waals surface area (Å²) in [6, 6.07) is 0. The van der Waals surface area contributed by atoms with Crippen LogP contribution in [0.25, 0.3) is 11.2 Å². The summed E-state index contributed by atoms with van der Waals surface area (Å²) in [4.78, 5) is 22.0. The first-order chi connectivity index (χ1) is 8.61. The molecule has 0 aromatic carbocycles. The van der Waals surface area contributed by atoms with Crippen LogP contribution >= 0.6 is 0 Å². The largest absolute Gasteiger partial charge is 0.387 e. The van der Waals surface area contributed by atoms with E-state index in [1.54, 1.807) is 4.57 Å². The number of imidazole rings is 1. The maximum Gasteiger partial charge on any atom is 0.278 e. The second-order valence-corrected chi connectivity index (χ2v) is 4.71. The molecule has 8 nitrogen and oxygen atoms in total. The first-order valence-corrected chi connectivity index (χ1v) is 5.57. The molecule has 3 N–H and O–H groups in total. The molecule has 3 heterocycles. The van der Waals surface area contributed by atoms with Gasteiger partial charge in [-0.2, -0.15) is 0 Å². The van der Waals surface area contributed by atoms with Gasteiger partial charge in [-0.05, 0) is 0 Å². The quantitative estimate of drug-likeness (QED) is 0.568. The monoisotopic (exact) mass is 250 g/mol. The number of nitrogens with zero attached hydrogens (tertiary/aromatic N) is 3. The minimum Gasteiger partial charge on any atom is -0.387 e. The SMILES string of the molecule is O=c1[nH]cnc2c1ncn2[C@H]1C[C@@]2(O)C(O)[C@H]2O1. The summed E-state index contributed by atoms with van der Waals surface area (Å²) in [5.41, 5.74) is -0.847. The molecule has 8 heteroatoms. The number of H-pyrrole nitrogens is 1. The normalized spacial score (nSPS) is 38.0. The smallest absolute Gasteiger partial charge is 0.278 e. The van der Waals surface area contributed by atoms with Gasteiger partial charge in [0.1, 0.15) is 24.0 Å². The van der Waals surface area contributed by atoms with E-state index in [1.807, 2.05) is 0 Å². The Bertz CT molecular complexity index is 694. The van der Waals surface area contributed by atoms with E-state index in [4.69, 9.17) is 4.74 Å². The van der Waals surface area contributed by atoms with Crippen LogP contribution in [0, 0.1) is 0 Å². The lowest BCUT2D eigenvalue weighted by molar-refractivity contribution is -0.0117. The molecule has 18 heavy (non-hydrogen) atoms. The van der Waals surface area contributed by atoms with E-state index < -0.39 is 24.0 Å². The molecule has 2 fully saturated rings. The van der Waals surface area contributed by atoms with Gasteiger partial charge in [0.15, 0.2) is 11.2 Å². The number of aromatic nitrogens is 4. The first-order valence-electron chi connectivity index (χ1n) is 5.57. The van der Waals surface area contributed by atoms with Crippen molar-refractivity contribution >= 4 is 11.2 Å². The minimum atomic E-state index is -1.16. The number of rotatable bonds is 1. The van der Waals surface area contributed by atoms with Crippen LogP contribution in [0.1, 0.15) is 12.6 Å². The van der Waals surface area contributed by atoms with Crippen molar-refractivity contribution in [3.63, 3.8) is 0 Å². The van der Waals surface area contributed by atoms with Crippen LogP contribution in [0.3, 0.4) is 0 Å². The van der Waals surface area contributed by atoms with Gasteiger partial charge < -0.3 is 19.9 Å². The van der Waals surface area contributed by atoms with E-state index in [1.165, 1.54) is 12.7 Å². The maximum absolute atomic E-state index is 11.5. The average molecular weight is 250 g/mol. The maximum atomic E-state index is 11.5. The number of aromatic amines is 1. The Morgan fingerprint density at radius 2 is 2.39 bits per heavy atom. The third-order valence-corrected chi connectivity index (χ3v) is 3.66. The van der Waals surface area contributed by atoms with Gasteiger partial charge in [-0.3, -0.25) is 9.36 Å². The van der Waals surface area contributed by atoms with E-state index in [-0.39, 0.29) is 17.5 Å². The topological polar surface area (TPSA) is 113 Å². The van der Waals surface area contributed by atoms with Crippen LogP contribution in [0.15, 0.2) is 17.4 Å². The predicted molar refractivity (Wildman–Crippen MR) is 57.6 cm³/mol. The molecule has 2 aliphatic rings. The lowest BCUT2D eigenvalue weighted by Crippen LogP contribution is -2.19. The predicted octanol–water partition coefficient (Wildman–Crippen LogP) is -1.49. The molecule has 2 aromatic rings. The van der Waals surface area contributed by atoms with E-state index in [0.717, 1.165) is 0 Å². The molecule has 0 spiro atoms. The first kappa shape index (κ1) is 10.2. The van der Waals surface area contributed by atoms with E-state index in [2.05, 4.69) is 15.0 Å². The van der Waals surface area contributed by atoms with Crippen molar-refractivity contribution in [3.05, 3.63) is 23.0 Å². The zero-order chi connectivity index (χ0) is 12.5. The molecular weight excluding hydrogens is 240 g/mol. The van der Waals surface area contributed by atoms with Gasteiger partial charge in [0.25, 0.3) is 5.56 Å². The molecule has 1 saturated carbocycles. The number of aliphatic hydroxyl groups is 2. The lowest BCUT2D eigenvalue weighted by Gasteiger charge is -2.15. The second-order valence-electron chi connectivity index (χ2n) is 4.71. The van der Waals surface area contributed by atoms with Gasteiger partial charge in [-0.15, -0.1) is 0 Å². The Kier molecular flexibility index (Phi) is 1.68. The number of ether oxygens (including phenoxy) is 1. The highest BCUT2D eigenvalue weighted by atomic mass is 16.6. The van der Waals surface area contributed by atoms with Crippen molar-refractivity contribution in [2.24, 2.45) is 0 Å². The van der Waals surface area contributed by atoms with Gasteiger partial charge in [0, 0.05) is 6.42 Å². The standard InChI is InChI=1S/C10H10N4O4/c15-6-7-10(6,17)1-4(18-7)14-3-13-5-8(14)11-2-12-9(5)16/h2-4,6-7,15,17H,1H2,(H,11,12,16)/t4-,6?,7-,10-/m1/s1. The molecule has 0 radical (unpaired) electrons. The van der Waals surface area contributed by atoms with Crippen LogP contribution in [-0.2, 0) is 4.74 Å². The molecule has 0 bridgehead atoms. The summed E-state index contributed by atoms with van der Waals surface area (Å²) in [7, 11) is 0. The highest BCUT2D eigenvalue weighted by molar-refractivity contribution is 5.68. The Morgan fingerprint density at radius 3 is 3.11 bits per heavy atom. The third kappa shape index (κ3) is 1.07. The Balaban J connectivity index is 1.77. The summed E-state index contributed by atoms with van der Waals surface area (Å²) in [5, 5.41) is 19.3. The molecule has 2 aromatic heterocycles. The molecule has 4 atom stereocenters. The molecule has 1 saturated heterocycles.